The van der Waals surface area contributed by atoms with Crippen molar-refractivity contribution >= 4 is 11.5 Å². The molecular formula is C20H26N4. The van der Waals surface area contributed by atoms with Gasteiger partial charge in [0.15, 0.2) is 0 Å². The second-order valence-corrected chi connectivity index (χ2v) is 6.81. The Hall–Kier alpha value is -2.07. The number of anilines is 2. The van der Waals surface area contributed by atoms with Crippen LogP contribution in [0.25, 0.3) is 0 Å². The van der Waals surface area contributed by atoms with Gasteiger partial charge in [0.05, 0.1) is 0 Å². The van der Waals surface area contributed by atoms with E-state index in [1.165, 1.54) is 42.5 Å². The van der Waals surface area contributed by atoms with Crippen LogP contribution in [-0.2, 0) is 6.54 Å². The first-order chi connectivity index (χ1) is 11.9. The van der Waals surface area contributed by atoms with Crippen molar-refractivity contribution < 1.29 is 0 Å². The fourth-order valence-corrected chi connectivity index (χ4v) is 3.79. The molecule has 0 saturated carbocycles. The van der Waals surface area contributed by atoms with Crippen molar-refractivity contribution in [2.75, 3.05) is 29.9 Å². The molecule has 4 heteroatoms. The van der Waals surface area contributed by atoms with Crippen LogP contribution in [0.5, 0.6) is 0 Å². The highest BCUT2D eigenvalue weighted by atomic mass is 15.2. The number of para-hydroxylation sites is 1. The fraction of sp³-hybridized carbons (Fsp3) is 0.450. The van der Waals surface area contributed by atoms with Crippen LogP contribution in [-0.4, -0.2) is 24.6 Å². The van der Waals surface area contributed by atoms with Crippen LogP contribution >= 0.6 is 0 Å². The lowest BCUT2D eigenvalue weighted by molar-refractivity contribution is 0.497. The van der Waals surface area contributed by atoms with Crippen LogP contribution in [0.2, 0.25) is 0 Å². The van der Waals surface area contributed by atoms with Crippen molar-refractivity contribution in [1.82, 2.24) is 10.3 Å². The van der Waals surface area contributed by atoms with E-state index in [9.17, 15) is 0 Å². The van der Waals surface area contributed by atoms with Gasteiger partial charge in [0.1, 0.15) is 5.82 Å². The zero-order chi connectivity index (χ0) is 16.2. The molecule has 1 fully saturated rings. The second-order valence-electron chi connectivity index (χ2n) is 6.81. The van der Waals surface area contributed by atoms with Gasteiger partial charge in [-0.3, -0.25) is 0 Å². The molecule has 1 unspecified atom stereocenters. The summed E-state index contributed by atoms with van der Waals surface area (Å²) < 4.78 is 0. The summed E-state index contributed by atoms with van der Waals surface area (Å²) in [5, 5.41) is 7.31. The lowest BCUT2D eigenvalue weighted by Gasteiger charge is -2.20. The van der Waals surface area contributed by atoms with Crippen molar-refractivity contribution in [3.8, 4) is 0 Å². The van der Waals surface area contributed by atoms with Crippen LogP contribution in [0.4, 0.5) is 11.5 Å². The van der Waals surface area contributed by atoms with Gasteiger partial charge in [0.2, 0.25) is 0 Å². The molecule has 126 valence electrons. The van der Waals surface area contributed by atoms with Crippen LogP contribution in [0, 0.1) is 0 Å². The van der Waals surface area contributed by atoms with E-state index in [0.717, 1.165) is 32.0 Å². The van der Waals surface area contributed by atoms with Gasteiger partial charge in [-0.15, -0.1) is 0 Å². The molecule has 4 nitrogen and oxygen atoms in total. The zero-order valence-electron chi connectivity index (χ0n) is 14.2. The Morgan fingerprint density at radius 3 is 2.92 bits per heavy atom. The molecule has 4 rings (SSSR count). The summed E-state index contributed by atoms with van der Waals surface area (Å²) >= 11 is 0. The number of fused-ring (bicyclic) bond motifs is 1. The summed E-state index contributed by atoms with van der Waals surface area (Å²) in [4.78, 5) is 6.95. The topological polar surface area (TPSA) is 40.2 Å². The molecule has 0 spiro atoms. The summed E-state index contributed by atoms with van der Waals surface area (Å²) in [5.41, 5.74) is 3.99. The quantitative estimate of drug-likeness (QED) is 0.900. The Balaban J connectivity index is 1.46. The average molecular weight is 322 g/mol. The van der Waals surface area contributed by atoms with Gasteiger partial charge in [-0.05, 0) is 55.0 Å². The van der Waals surface area contributed by atoms with Gasteiger partial charge in [-0.25, -0.2) is 4.98 Å². The predicted molar refractivity (Wildman–Crippen MR) is 99.4 cm³/mol. The van der Waals surface area contributed by atoms with Crippen molar-refractivity contribution in [3.05, 3.63) is 53.7 Å². The molecule has 2 aromatic rings. The Bertz CT molecular complexity index is 679. The van der Waals surface area contributed by atoms with Gasteiger partial charge in [0.25, 0.3) is 0 Å². The molecule has 0 aliphatic carbocycles. The van der Waals surface area contributed by atoms with Crippen molar-refractivity contribution in [1.29, 1.82) is 0 Å². The third kappa shape index (κ3) is 3.39. The highest BCUT2D eigenvalue weighted by molar-refractivity contribution is 5.53. The van der Waals surface area contributed by atoms with Crippen molar-refractivity contribution in [2.45, 2.75) is 38.3 Å². The number of pyridine rings is 1. The smallest absolute Gasteiger partial charge is 0.128 e. The Morgan fingerprint density at radius 2 is 2.00 bits per heavy atom. The lowest BCUT2D eigenvalue weighted by atomic mass is 10.0. The Kier molecular flexibility index (Phi) is 4.65. The lowest BCUT2D eigenvalue weighted by Crippen LogP contribution is -2.22. The minimum Gasteiger partial charge on any atom is -0.385 e. The first-order valence-corrected chi connectivity index (χ1v) is 9.16. The van der Waals surface area contributed by atoms with Crippen LogP contribution in [0.1, 0.15) is 42.9 Å². The number of nitrogens with one attached hydrogen (secondary N) is 2. The first kappa shape index (κ1) is 15.5. The SMILES string of the molecule is c1ccc2c(c1)NCCCC2NCc1ccnc(N2CCCC2)c1. The molecule has 1 atom stereocenters. The van der Waals surface area contributed by atoms with Gasteiger partial charge in [-0.2, -0.15) is 0 Å². The average Bonchev–Trinajstić information content (AvgIpc) is 3.09. The zero-order valence-corrected chi connectivity index (χ0v) is 14.2. The van der Waals surface area contributed by atoms with E-state index < -0.39 is 0 Å². The van der Waals surface area contributed by atoms with E-state index in [1.54, 1.807) is 0 Å². The fourth-order valence-electron chi connectivity index (χ4n) is 3.79. The maximum absolute atomic E-state index is 4.56. The van der Waals surface area contributed by atoms with Crippen LogP contribution in [0.15, 0.2) is 42.6 Å². The van der Waals surface area contributed by atoms with Crippen LogP contribution in [0.3, 0.4) is 0 Å². The monoisotopic (exact) mass is 322 g/mol. The van der Waals surface area contributed by atoms with Crippen molar-refractivity contribution in [3.63, 3.8) is 0 Å². The molecule has 0 amide bonds. The van der Waals surface area contributed by atoms with E-state index in [4.69, 9.17) is 0 Å². The minimum absolute atomic E-state index is 0.416. The largest absolute Gasteiger partial charge is 0.385 e. The molecule has 3 heterocycles. The number of rotatable bonds is 4. The highest BCUT2D eigenvalue weighted by Crippen LogP contribution is 2.29. The highest BCUT2D eigenvalue weighted by Gasteiger charge is 2.18. The van der Waals surface area contributed by atoms with Crippen LogP contribution < -0.4 is 15.5 Å². The summed E-state index contributed by atoms with van der Waals surface area (Å²) in [6.45, 7) is 4.24. The molecule has 24 heavy (non-hydrogen) atoms. The van der Waals surface area contributed by atoms with Crippen molar-refractivity contribution in [2.24, 2.45) is 0 Å². The first-order valence-electron chi connectivity index (χ1n) is 9.16. The number of aromatic nitrogens is 1. The summed E-state index contributed by atoms with van der Waals surface area (Å²) in [7, 11) is 0. The molecule has 0 radical (unpaired) electrons. The molecule has 0 bridgehead atoms. The summed E-state index contributed by atoms with van der Waals surface area (Å²) in [5.74, 6) is 1.13. The van der Waals surface area contributed by atoms with E-state index in [2.05, 4.69) is 56.9 Å². The van der Waals surface area contributed by atoms with E-state index in [-0.39, 0.29) is 0 Å². The summed E-state index contributed by atoms with van der Waals surface area (Å²) in [6, 6.07) is 13.5. The van der Waals surface area contributed by atoms with Gasteiger partial charge in [0, 0.05) is 44.1 Å². The van der Waals surface area contributed by atoms with Gasteiger partial charge >= 0.3 is 0 Å². The number of hydrogen-bond donors (Lipinski definition) is 2. The molecule has 1 aromatic heterocycles. The third-order valence-corrected chi connectivity index (χ3v) is 5.11. The van der Waals surface area contributed by atoms with E-state index in [1.807, 2.05) is 6.20 Å². The molecule has 1 saturated heterocycles. The maximum atomic E-state index is 4.56. The standard InChI is InChI=1S/C20H26N4/c1-2-7-18-17(6-1)19(8-5-10-21-18)23-15-16-9-11-22-20(14-16)24-12-3-4-13-24/h1-2,6-7,9,11,14,19,21,23H,3-5,8,10,12-13,15H2. The number of benzene rings is 1. The molecule has 2 aliphatic rings. The van der Waals surface area contributed by atoms with E-state index >= 15 is 0 Å². The van der Waals surface area contributed by atoms with Gasteiger partial charge in [-0.1, -0.05) is 18.2 Å². The third-order valence-electron chi connectivity index (χ3n) is 5.11. The van der Waals surface area contributed by atoms with E-state index in [0.29, 0.717) is 6.04 Å². The molecule has 1 aromatic carbocycles. The summed E-state index contributed by atoms with van der Waals surface area (Å²) in [6.07, 6.45) is 6.90. The number of nitrogens with zero attached hydrogens (tertiary/aromatic N) is 2. The second kappa shape index (κ2) is 7.22. The maximum Gasteiger partial charge on any atom is 0.128 e. The predicted octanol–water partition coefficient (Wildman–Crippen LogP) is 3.72. The normalized spacial score (nSPS) is 20.3. The Labute approximate surface area is 144 Å². The molecule has 2 aliphatic heterocycles. The minimum atomic E-state index is 0.416. The molecule has 2 N–H and O–H groups in total. The number of hydrogen-bond acceptors (Lipinski definition) is 4. The Morgan fingerprint density at radius 1 is 1.12 bits per heavy atom. The molecular weight excluding hydrogens is 296 g/mol. The van der Waals surface area contributed by atoms with Gasteiger partial charge < -0.3 is 15.5 Å².